The maximum Gasteiger partial charge on any atom is 0.407 e. The van der Waals surface area contributed by atoms with Gasteiger partial charge in [-0.1, -0.05) is 28.1 Å². The molecule has 0 radical (unpaired) electrons. The zero-order valence-corrected chi connectivity index (χ0v) is 16.8. The second-order valence-corrected chi connectivity index (χ2v) is 8.34. The van der Waals surface area contributed by atoms with Crippen molar-refractivity contribution in [2.24, 2.45) is 0 Å². The number of carbonyl (C=O) groups excluding carboxylic acids is 2. The number of nitrogens with zero attached hydrogens (tertiary/aromatic N) is 1. The molecule has 0 aromatic heterocycles. The topological polar surface area (TPSA) is 58.6 Å². The van der Waals surface area contributed by atoms with Crippen molar-refractivity contribution in [3.05, 3.63) is 34.3 Å². The summed E-state index contributed by atoms with van der Waals surface area (Å²) in [5.41, 5.74) is 0.673. The lowest BCUT2D eigenvalue weighted by atomic mass is 10.0. The van der Waals surface area contributed by atoms with Crippen LogP contribution in [0.15, 0.2) is 28.7 Å². The van der Waals surface area contributed by atoms with Gasteiger partial charge in [-0.2, -0.15) is 0 Å². The highest BCUT2D eigenvalue weighted by atomic mass is 79.9. The van der Waals surface area contributed by atoms with Gasteiger partial charge in [0.1, 0.15) is 5.60 Å². The van der Waals surface area contributed by atoms with E-state index >= 15 is 0 Å². The van der Waals surface area contributed by atoms with Crippen LogP contribution in [0.4, 0.5) is 4.79 Å². The summed E-state index contributed by atoms with van der Waals surface area (Å²) in [4.78, 5) is 26.1. The number of benzene rings is 1. The molecule has 1 heterocycles. The van der Waals surface area contributed by atoms with Gasteiger partial charge in [0.05, 0.1) is 0 Å². The summed E-state index contributed by atoms with van der Waals surface area (Å²) in [5, 5.41) is 2.89. The lowest BCUT2D eigenvalue weighted by molar-refractivity contribution is -0.132. The number of aryl methyl sites for hydroxylation is 1. The molecule has 6 heteroatoms. The predicted molar refractivity (Wildman–Crippen MR) is 101 cm³/mol. The van der Waals surface area contributed by atoms with E-state index in [2.05, 4.69) is 21.2 Å². The third-order valence-corrected chi connectivity index (χ3v) is 4.64. The van der Waals surface area contributed by atoms with Gasteiger partial charge in [0.25, 0.3) is 0 Å². The van der Waals surface area contributed by atoms with Crippen LogP contribution in [0.3, 0.4) is 0 Å². The zero-order valence-electron chi connectivity index (χ0n) is 15.2. The van der Waals surface area contributed by atoms with Gasteiger partial charge >= 0.3 is 6.09 Å². The minimum atomic E-state index is -0.492. The fourth-order valence-electron chi connectivity index (χ4n) is 2.81. The number of amides is 2. The minimum Gasteiger partial charge on any atom is -0.444 e. The predicted octanol–water partition coefficient (Wildman–Crippen LogP) is 3.90. The third-order valence-electron chi connectivity index (χ3n) is 4.11. The van der Waals surface area contributed by atoms with Gasteiger partial charge in [-0.05, 0) is 57.7 Å². The van der Waals surface area contributed by atoms with E-state index in [0.29, 0.717) is 19.5 Å². The van der Waals surface area contributed by atoms with Crippen molar-refractivity contribution in [1.29, 1.82) is 0 Å². The molecule has 1 aliphatic rings. The van der Waals surface area contributed by atoms with E-state index in [9.17, 15) is 9.59 Å². The van der Waals surface area contributed by atoms with E-state index in [1.807, 2.05) is 49.9 Å². The molecule has 1 saturated heterocycles. The first-order chi connectivity index (χ1) is 11.7. The molecule has 0 atom stereocenters. The summed E-state index contributed by atoms with van der Waals surface area (Å²) < 4.78 is 6.32. The van der Waals surface area contributed by atoms with Crippen molar-refractivity contribution >= 4 is 27.9 Å². The van der Waals surface area contributed by atoms with Gasteiger partial charge in [-0.25, -0.2) is 4.79 Å². The first-order valence-electron chi connectivity index (χ1n) is 8.75. The largest absolute Gasteiger partial charge is 0.444 e. The molecule has 2 rings (SSSR count). The monoisotopic (exact) mass is 410 g/mol. The Morgan fingerprint density at radius 1 is 1.20 bits per heavy atom. The highest BCUT2D eigenvalue weighted by molar-refractivity contribution is 9.10. The molecule has 5 nitrogen and oxygen atoms in total. The normalized spacial score (nSPS) is 15.8. The van der Waals surface area contributed by atoms with E-state index in [1.54, 1.807) is 0 Å². The Labute approximate surface area is 158 Å². The number of alkyl carbamates (subject to hydrolysis) is 1. The number of rotatable bonds is 4. The van der Waals surface area contributed by atoms with Crippen molar-refractivity contribution in [3.8, 4) is 0 Å². The van der Waals surface area contributed by atoms with E-state index in [-0.39, 0.29) is 18.0 Å². The highest BCUT2D eigenvalue weighted by Gasteiger charge is 2.25. The summed E-state index contributed by atoms with van der Waals surface area (Å²) in [6.07, 6.45) is 2.42. The molecular formula is C19H27BrN2O3. The molecule has 1 aliphatic heterocycles. The molecule has 138 valence electrons. The second-order valence-electron chi connectivity index (χ2n) is 7.43. The number of ether oxygens (including phenoxy) is 1. The van der Waals surface area contributed by atoms with Crippen molar-refractivity contribution in [1.82, 2.24) is 10.2 Å². The Morgan fingerprint density at radius 2 is 1.80 bits per heavy atom. The first-order valence-corrected chi connectivity index (χ1v) is 9.54. The Kier molecular flexibility index (Phi) is 6.87. The number of nitrogens with one attached hydrogen (secondary N) is 1. The number of hydrogen-bond acceptors (Lipinski definition) is 3. The van der Waals surface area contributed by atoms with Crippen LogP contribution in [0.1, 0.15) is 45.6 Å². The van der Waals surface area contributed by atoms with Crippen LogP contribution in [0.2, 0.25) is 0 Å². The Hall–Kier alpha value is -1.56. The number of piperidine rings is 1. The summed E-state index contributed by atoms with van der Waals surface area (Å²) in [5.74, 6) is 0.179. The van der Waals surface area contributed by atoms with Gasteiger partial charge in [0.15, 0.2) is 0 Å². The van der Waals surface area contributed by atoms with E-state index in [0.717, 1.165) is 29.3 Å². The minimum absolute atomic E-state index is 0.0744. The number of likely N-dealkylation sites (tertiary alicyclic amines) is 1. The number of carbonyl (C=O) groups is 2. The molecule has 2 amide bonds. The molecule has 0 unspecified atom stereocenters. The first kappa shape index (κ1) is 19.8. The summed E-state index contributed by atoms with van der Waals surface area (Å²) in [7, 11) is 0. The Bertz CT molecular complexity index is 588. The molecule has 25 heavy (non-hydrogen) atoms. The fourth-order valence-corrected chi connectivity index (χ4v) is 3.07. The quantitative estimate of drug-likeness (QED) is 0.818. The SMILES string of the molecule is CC(C)(C)OC(=O)NC1CCN(C(=O)CCc2ccc(Br)cc2)CC1. The standard InChI is InChI=1S/C19H27BrN2O3/c1-19(2,3)25-18(24)21-16-10-12-22(13-11-16)17(23)9-6-14-4-7-15(20)8-5-14/h4-5,7-8,16H,6,9-13H2,1-3H3,(H,21,24). The van der Waals surface area contributed by atoms with Crippen LogP contribution in [0.5, 0.6) is 0 Å². The van der Waals surface area contributed by atoms with Crippen molar-refractivity contribution in [2.75, 3.05) is 13.1 Å². The second kappa shape index (κ2) is 8.70. The van der Waals surface area contributed by atoms with Crippen molar-refractivity contribution in [2.45, 2.75) is 58.1 Å². The summed E-state index contributed by atoms with van der Waals surface area (Å²) in [6, 6.07) is 8.13. The highest BCUT2D eigenvalue weighted by Crippen LogP contribution is 2.15. The Morgan fingerprint density at radius 3 is 2.36 bits per heavy atom. The molecule has 0 bridgehead atoms. The molecule has 1 aromatic carbocycles. The average molecular weight is 411 g/mol. The van der Waals surface area contributed by atoms with Gasteiger partial charge in [0.2, 0.25) is 5.91 Å². The Balaban J connectivity index is 1.71. The van der Waals surface area contributed by atoms with E-state index in [4.69, 9.17) is 4.74 Å². The smallest absolute Gasteiger partial charge is 0.407 e. The van der Waals surface area contributed by atoms with Crippen LogP contribution in [-0.2, 0) is 16.0 Å². The molecule has 0 aliphatic carbocycles. The van der Waals surface area contributed by atoms with Crippen molar-refractivity contribution in [3.63, 3.8) is 0 Å². The molecule has 1 N–H and O–H groups in total. The molecule has 1 aromatic rings. The van der Waals surface area contributed by atoms with Crippen molar-refractivity contribution < 1.29 is 14.3 Å². The van der Waals surface area contributed by atoms with Crippen LogP contribution in [0, 0.1) is 0 Å². The van der Waals surface area contributed by atoms with Crippen LogP contribution < -0.4 is 5.32 Å². The number of halogens is 1. The molecule has 0 saturated carbocycles. The lowest BCUT2D eigenvalue weighted by Crippen LogP contribution is -2.47. The van der Waals surface area contributed by atoms with Crippen LogP contribution in [-0.4, -0.2) is 41.6 Å². The zero-order chi connectivity index (χ0) is 18.4. The molecule has 1 fully saturated rings. The number of hydrogen-bond donors (Lipinski definition) is 1. The van der Waals surface area contributed by atoms with Gasteiger partial charge in [-0.3, -0.25) is 4.79 Å². The third kappa shape index (κ3) is 7.06. The maximum atomic E-state index is 12.4. The van der Waals surface area contributed by atoms with Crippen LogP contribution in [0.25, 0.3) is 0 Å². The average Bonchev–Trinajstić information content (AvgIpc) is 2.53. The maximum absolute atomic E-state index is 12.4. The summed E-state index contributed by atoms with van der Waals surface area (Å²) >= 11 is 3.41. The summed E-state index contributed by atoms with van der Waals surface area (Å²) in [6.45, 7) is 6.90. The molecular weight excluding hydrogens is 384 g/mol. The van der Waals surface area contributed by atoms with Crippen LogP contribution >= 0.6 is 15.9 Å². The lowest BCUT2D eigenvalue weighted by Gasteiger charge is -2.33. The fraction of sp³-hybridized carbons (Fsp3) is 0.579. The van der Waals surface area contributed by atoms with E-state index in [1.165, 1.54) is 0 Å². The van der Waals surface area contributed by atoms with E-state index < -0.39 is 5.60 Å². The van der Waals surface area contributed by atoms with Gasteiger partial charge in [0, 0.05) is 30.0 Å². The molecule has 0 spiro atoms. The van der Waals surface area contributed by atoms with Gasteiger partial charge in [-0.15, -0.1) is 0 Å². The van der Waals surface area contributed by atoms with Gasteiger partial charge < -0.3 is 15.0 Å².